The smallest absolute Gasteiger partial charge is 0.256 e. The van der Waals surface area contributed by atoms with Gasteiger partial charge >= 0.3 is 0 Å². The lowest BCUT2D eigenvalue weighted by Crippen LogP contribution is -1.97. The van der Waals surface area contributed by atoms with Crippen LogP contribution in [-0.2, 0) is 0 Å². The number of benzene rings is 1. The summed E-state index contributed by atoms with van der Waals surface area (Å²) in [6.07, 6.45) is 0. The SMILES string of the molecule is COc1c(C(=O)Cl)ccc(C)c1Cl. The fraction of sp³-hybridized carbons (Fsp3) is 0.222. The number of halogens is 2. The number of aryl methyl sites for hydroxylation is 1. The fourth-order valence-corrected chi connectivity index (χ4v) is 1.40. The lowest BCUT2D eigenvalue weighted by molar-refractivity contribution is 0.107. The number of hydrogen-bond donors (Lipinski definition) is 0. The molecule has 2 nitrogen and oxygen atoms in total. The first kappa shape index (κ1) is 10.4. The van der Waals surface area contributed by atoms with Crippen molar-refractivity contribution in [2.75, 3.05) is 7.11 Å². The molecule has 13 heavy (non-hydrogen) atoms. The minimum Gasteiger partial charge on any atom is -0.494 e. The van der Waals surface area contributed by atoms with E-state index in [2.05, 4.69) is 0 Å². The molecule has 0 fully saturated rings. The molecule has 0 aliphatic carbocycles. The fourth-order valence-electron chi connectivity index (χ4n) is 1.01. The predicted molar refractivity (Wildman–Crippen MR) is 52.9 cm³/mol. The van der Waals surface area contributed by atoms with E-state index in [-0.39, 0.29) is 0 Å². The Bertz CT molecular complexity index is 348. The monoisotopic (exact) mass is 218 g/mol. The zero-order valence-electron chi connectivity index (χ0n) is 7.23. The first-order valence-electron chi connectivity index (χ1n) is 3.61. The minimum absolute atomic E-state index is 0.291. The van der Waals surface area contributed by atoms with Gasteiger partial charge in [0.2, 0.25) is 0 Å². The zero-order valence-corrected chi connectivity index (χ0v) is 8.74. The molecule has 0 radical (unpaired) electrons. The van der Waals surface area contributed by atoms with Crippen LogP contribution in [0, 0.1) is 6.92 Å². The van der Waals surface area contributed by atoms with Crippen LogP contribution in [0.15, 0.2) is 12.1 Å². The van der Waals surface area contributed by atoms with Crippen LogP contribution < -0.4 is 4.74 Å². The molecule has 1 aromatic carbocycles. The Labute approximate surface area is 86.4 Å². The predicted octanol–water partition coefficient (Wildman–Crippen LogP) is 3.04. The van der Waals surface area contributed by atoms with E-state index in [9.17, 15) is 4.79 Å². The average Bonchev–Trinajstić information content (AvgIpc) is 2.09. The van der Waals surface area contributed by atoms with E-state index in [1.54, 1.807) is 12.1 Å². The van der Waals surface area contributed by atoms with Crippen molar-refractivity contribution in [3.05, 3.63) is 28.3 Å². The first-order chi connectivity index (χ1) is 6.07. The van der Waals surface area contributed by atoms with E-state index in [4.69, 9.17) is 27.9 Å². The second-order valence-electron chi connectivity index (χ2n) is 2.55. The molecule has 0 bridgehead atoms. The summed E-state index contributed by atoms with van der Waals surface area (Å²) in [5.74, 6) is 0.335. The summed E-state index contributed by atoms with van der Waals surface area (Å²) in [7, 11) is 1.45. The van der Waals surface area contributed by atoms with Gasteiger partial charge in [0.15, 0.2) is 0 Å². The molecule has 0 heterocycles. The topological polar surface area (TPSA) is 26.3 Å². The highest BCUT2D eigenvalue weighted by atomic mass is 35.5. The molecule has 1 aromatic rings. The van der Waals surface area contributed by atoms with Crippen molar-refractivity contribution in [1.82, 2.24) is 0 Å². The van der Waals surface area contributed by atoms with Gasteiger partial charge in [-0.25, -0.2) is 0 Å². The van der Waals surface area contributed by atoms with Crippen LogP contribution in [0.3, 0.4) is 0 Å². The number of carbonyl (C=O) groups excluding carboxylic acids is 1. The maximum Gasteiger partial charge on any atom is 0.256 e. The van der Waals surface area contributed by atoms with Crippen molar-refractivity contribution < 1.29 is 9.53 Å². The van der Waals surface area contributed by atoms with E-state index in [0.717, 1.165) is 5.56 Å². The van der Waals surface area contributed by atoms with Gasteiger partial charge in [-0.3, -0.25) is 4.79 Å². The van der Waals surface area contributed by atoms with Crippen molar-refractivity contribution in [3.63, 3.8) is 0 Å². The summed E-state index contributed by atoms with van der Waals surface area (Å²) in [4.78, 5) is 10.9. The minimum atomic E-state index is -0.571. The molecular weight excluding hydrogens is 211 g/mol. The third kappa shape index (κ3) is 1.95. The van der Waals surface area contributed by atoms with Crippen molar-refractivity contribution >= 4 is 28.4 Å². The van der Waals surface area contributed by atoms with Crippen molar-refractivity contribution in [2.24, 2.45) is 0 Å². The van der Waals surface area contributed by atoms with Crippen molar-refractivity contribution in [2.45, 2.75) is 6.92 Å². The summed E-state index contributed by atoms with van der Waals surface area (Å²) in [6, 6.07) is 3.32. The molecular formula is C9H8Cl2O2. The van der Waals surface area contributed by atoms with Gasteiger partial charge in [-0.05, 0) is 30.2 Å². The van der Waals surface area contributed by atoms with Gasteiger partial charge in [-0.15, -0.1) is 0 Å². The van der Waals surface area contributed by atoms with Crippen LogP contribution in [0.25, 0.3) is 0 Å². The van der Waals surface area contributed by atoms with Crippen LogP contribution in [0.5, 0.6) is 5.75 Å². The second kappa shape index (κ2) is 3.99. The van der Waals surface area contributed by atoms with Gasteiger partial charge in [-0.2, -0.15) is 0 Å². The molecule has 0 spiro atoms. The summed E-state index contributed by atoms with van der Waals surface area (Å²) < 4.78 is 4.98. The van der Waals surface area contributed by atoms with Gasteiger partial charge < -0.3 is 4.74 Å². The number of rotatable bonds is 2. The molecule has 0 atom stereocenters. The van der Waals surface area contributed by atoms with Crippen LogP contribution >= 0.6 is 23.2 Å². The van der Waals surface area contributed by atoms with Crippen molar-refractivity contribution in [1.29, 1.82) is 0 Å². The van der Waals surface area contributed by atoms with E-state index in [1.807, 2.05) is 6.92 Å². The van der Waals surface area contributed by atoms with Gasteiger partial charge in [-0.1, -0.05) is 17.7 Å². The van der Waals surface area contributed by atoms with Crippen LogP contribution in [0.1, 0.15) is 15.9 Å². The molecule has 0 aliphatic heterocycles. The Kier molecular flexibility index (Phi) is 3.17. The highest BCUT2D eigenvalue weighted by Crippen LogP contribution is 2.32. The molecule has 0 saturated heterocycles. The van der Waals surface area contributed by atoms with Gasteiger partial charge in [0, 0.05) is 0 Å². The molecule has 0 unspecified atom stereocenters. The normalized spacial score (nSPS) is 9.85. The molecule has 4 heteroatoms. The summed E-state index contributed by atoms with van der Waals surface area (Å²) in [5.41, 5.74) is 1.14. The van der Waals surface area contributed by atoms with E-state index < -0.39 is 5.24 Å². The number of carbonyl (C=O) groups is 1. The Morgan fingerprint density at radius 2 is 2.08 bits per heavy atom. The first-order valence-corrected chi connectivity index (χ1v) is 4.36. The quantitative estimate of drug-likeness (QED) is 0.714. The lowest BCUT2D eigenvalue weighted by Gasteiger charge is -2.08. The third-order valence-electron chi connectivity index (χ3n) is 1.71. The summed E-state index contributed by atoms with van der Waals surface area (Å²) in [6.45, 7) is 1.83. The molecule has 0 saturated carbocycles. The van der Waals surface area contributed by atoms with Crippen LogP contribution in [0.2, 0.25) is 5.02 Å². The average molecular weight is 219 g/mol. The second-order valence-corrected chi connectivity index (χ2v) is 3.27. The summed E-state index contributed by atoms with van der Waals surface area (Å²) >= 11 is 11.2. The maximum absolute atomic E-state index is 10.9. The molecule has 0 N–H and O–H groups in total. The zero-order chi connectivity index (χ0) is 10.0. The Morgan fingerprint density at radius 3 is 2.54 bits per heavy atom. The van der Waals surface area contributed by atoms with Gasteiger partial charge in [0.1, 0.15) is 5.75 Å². The largest absolute Gasteiger partial charge is 0.494 e. The van der Waals surface area contributed by atoms with Gasteiger partial charge in [0.25, 0.3) is 5.24 Å². The maximum atomic E-state index is 10.9. The lowest BCUT2D eigenvalue weighted by atomic mass is 10.1. The molecule has 70 valence electrons. The summed E-state index contributed by atoms with van der Waals surface area (Å²) in [5, 5.41) is -0.146. The molecule has 0 aromatic heterocycles. The third-order valence-corrected chi connectivity index (χ3v) is 2.38. The highest BCUT2D eigenvalue weighted by molar-refractivity contribution is 6.68. The number of ether oxygens (including phenoxy) is 1. The molecule has 0 amide bonds. The van der Waals surface area contributed by atoms with E-state index in [1.165, 1.54) is 7.11 Å². The van der Waals surface area contributed by atoms with Crippen molar-refractivity contribution in [3.8, 4) is 5.75 Å². The number of methoxy groups -OCH3 is 1. The highest BCUT2D eigenvalue weighted by Gasteiger charge is 2.14. The molecule has 1 rings (SSSR count). The Hall–Kier alpha value is -0.730. The van der Waals surface area contributed by atoms with Crippen LogP contribution in [0.4, 0.5) is 0 Å². The van der Waals surface area contributed by atoms with E-state index >= 15 is 0 Å². The standard InChI is InChI=1S/C9H8Cl2O2/c1-5-3-4-6(9(11)12)8(13-2)7(5)10/h3-4H,1-2H3. The molecule has 0 aliphatic rings. The van der Waals surface area contributed by atoms with E-state index in [0.29, 0.717) is 16.3 Å². The number of hydrogen-bond acceptors (Lipinski definition) is 2. The Balaban J connectivity index is 3.38. The van der Waals surface area contributed by atoms with Gasteiger partial charge in [0.05, 0.1) is 17.7 Å². The Morgan fingerprint density at radius 1 is 1.46 bits per heavy atom. The van der Waals surface area contributed by atoms with Crippen LogP contribution in [-0.4, -0.2) is 12.4 Å².